The Morgan fingerprint density at radius 2 is 0.867 bits per heavy atom. The lowest BCUT2D eigenvalue weighted by Gasteiger charge is -2.25. The number of rotatable bonds is 5. The summed E-state index contributed by atoms with van der Waals surface area (Å²) in [6, 6.07) is 57.1. The van der Waals surface area contributed by atoms with Crippen LogP contribution in [0, 0.1) is 0 Å². The van der Waals surface area contributed by atoms with Crippen LogP contribution < -0.4 is 4.90 Å². The summed E-state index contributed by atoms with van der Waals surface area (Å²) in [5, 5.41) is 4.22. The van der Waals surface area contributed by atoms with Crippen LogP contribution in [0.25, 0.3) is 66.1 Å². The molecule has 0 bridgehead atoms. The Bertz CT molecular complexity index is 2460. The Hall–Kier alpha value is -6.06. The van der Waals surface area contributed by atoms with Crippen LogP contribution >= 0.6 is 0 Å². The molecular weight excluding hydrogens is 550 g/mol. The fourth-order valence-electron chi connectivity index (χ4n) is 6.53. The second-order valence-electron chi connectivity index (χ2n) is 11.3. The first-order chi connectivity index (χ1) is 22.3. The molecule has 0 fully saturated rings. The highest BCUT2D eigenvalue weighted by atomic mass is 16.3. The largest absolute Gasteiger partial charge is 0.455 e. The van der Waals surface area contributed by atoms with Crippen LogP contribution in [-0.2, 0) is 0 Å². The number of para-hydroxylation sites is 3. The molecule has 0 saturated heterocycles. The van der Waals surface area contributed by atoms with Crippen LogP contribution in [0.15, 0.2) is 173 Å². The van der Waals surface area contributed by atoms with Crippen molar-refractivity contribution in [1.82, 2.24) is 0 Å². The molecule has 0 saturated carbocycles. The Kier molecular flexibility index (Phi) is 5.82. The van der Waals surface area contributed by atoms with Crippen LogP contribution in [0.2, 0.25) is 0 Å². The number of benzene rings is 7. The van der Waals surface area contributed by atoms with Gasteiger partial charge < -0.3 is 13.7 Å². The van der Waals surface area contributed by atoms with Crippen molar-refractivity contribution in [2.75, 3.05) is 4.90 Å². The second-order valence-corrected chi connectivity index (χ2v) is 11.3. The van der Waals surface area contributed by atoms with Crippen LogP contribution in [-0.4, -0.2) is 0 Å². The third kappa shape index (κ3) is 4.21. The van der Waals surface area contributed by atoms with Gasteiger partial charge in [0.05, 0.1) is 5.69 Å². The Labute approximate surface area is 260 Å². The van der Waals surface area contributed by atoms with E-state index in [-0.39, 0.29) is 0 Å². The summed E-state index contributed by atoms with van der Waals surface area (Å²) < 4.78 is 13.3. The van der Waals surface area contributed by atoms with Gasteiger partial charge in [0, 0.05) is 38.5 Å². The van der Waals surface area contributed by atoms with Crippen LogP contribution in [0.5, 0.6) is 0 Å². The fraction of sp³-hybridized carbons (Fsp3) is 0. The molecule has 0 spiro atoms. The lowest BCUT2D eigenvalue weighted by atomic mass is 10.0. The minimum absolute atomic E-state index is 0.838. The van der Waals surface area contributed by atoms with Gasteiger partial charge in [-0.05, 0) is 59.2 Å². The van der Waals surface area contributed by atoms with Crippen molar-refractivity contribution in [1.29, 1.82) is 0 Å². The van der Waals surface area contributed by atoms with E-state index < -0.39 is 0 Å². The molecule has 0 N–H and O–H groups in total. The van der Waals surface area contributed by atoms with E-state index in [4.69, 9.17) is 8.83 Å². The monoisotopic (exact) mass is 577 g/mol. The van der Waals surface area contributed by atoms with Crippen LogP contribution in [0.1, 0.15) is 0 Å². The highest BCUT2D eigenvalue weighted by molar-refractivity contribution is 6.18. The molecule has 3 nitrogen and oxygen atoms in total. The van der Waals surface area contributed by atoms with E-state index in [0.29, 0.717) is 0 Å². The third-order valence-electron chi connectivity index (χ3n) is 8.67. The number of anilines is 3. The molecular formula is C42H27NO2. The molecule has 7 aromatic carbocycles. The second kappa shape index (κ2) is 10.3. The van der Waals surface area contributed by atoms with Crippen molar-refractivity contribution in [3.05, 3.63) is 164 Å². The number of nitrogens with zero attached hydrogens (tertiary/aromatic N) is 1. The summed E-state index contributed by atoms with van der Waals surface area (Å²) in [6.07, 6.45) is 0. The standard InChI is InChI=1S/C42H27NO2/c1-4-12-28(13-5-1)29-22-24-32(25-23-29)43(31-16-8-3-9-17-31)38-21-11-20-35-37-27-39-36(26-40(37)45-42(35)38)34-19-10-18-33(41(34)44-39)30-14-6-2-7-15-30/h1-27H. The average Bonchev–Trinajstić information content (AvgIpc) is 3.67. The summed E-state index contributed by atoms with van der Waals surface area (Å²) in [6.45, 7) is 0. The fourth-order valence-corrected chi connectivity index (χ4v) is 6.53. The molecule has 0 unspecified atom stereocenters. The molecule has 45 heavy (non-hydrogen) atoms. The lowest BCUT2D eigenvalue weighted by molar-refractivity contribution is 0.664. The zero-order valence-electron chi connectivity index (χ0n) is 24.4. The molecule has 0 radical (unpaired) electrons. The normalized spacial score (nSPS) is 11.6. The van der Waals surface area contributed by atoms with E-state index in [1.165, 1.54) is 11.1 Å². The smallest absolute Gasteiger partial charge is 0.159 e. The molecule has 0 aliphatic carbocycles. The molecule has 0 amide bonds. The molecule has 2 heterocycles. The number of hydrogen-bond acceptors (Lipinski definition) is 3. The zero-order valence-corrected chi connectivity index (χ0v) is 24.4. The summed E-state index contributed by atoms with van der Waals surface area (Å²) in [4.78, 5) is 2.27. The highest BCUT2D eigenvalue weighted by Crippen LogP contribution is 2.44. The topological polar surface area (TPSA) is 29.5 Å². The first-order valence-electron chi connectivity index (χ1n) is 15.2. The van der Waals surface area contributed by atoms with Crippen molar-refractivity contribution < 1.29 is 8.83 Å². The van der Waals surface area contributed by atoms with Crippen molar-refractivity contribution in [3.8, 4) is 22.3 Å². The van der Waals surface area contributed by atoms with Gasteiger partial charge in [-0.3, -0.25) is 0 Å². The van der Waals surface area contributed by atoms with E-state index in [2.05, 4.69) is 150 Å². The minimum atomic E-state index is 0.838. The van der Waals surface area contributed by atoms with Gasteiger partial charge in [-0.25, -0.2) is 0 Å². The third-order valence-corrected chi connectivity index (χ3v) is 8.67. The maximum Gasteiger partial charge on any atom is 0.159 e. The summed E-state index contributed by atoms with van der Waals surface area (Å²) >= 11 is 0. The van der Waals surface area contributed by atoms with Gasteiger partial charge in [0.15, 0.2) is 5.58 Å². The zero-order chi connectivity index (χ0) is 29.7. The molecule has 9 rings (SSSR count). The van der Waals surface area contributed by atoms with Crippen molar-refractivity contribution in [2.24, 2.45) is 0 Å². The van der Waals surface area contributed by atoms with Gasteiger partial charge in [0.2, 0.25) is 0 Å². The molecule has 0 atom stereocenters. The molecule has 212 valence electrons. The van der Waals surface area contributed by atoms with E-state index in [0.717, 1.165) is 72.1 Å². The van der Waals surface area contributed by atoms with E-state index in [9.17, 15) is 0 Å². The quantitative estimate of drug-likeness (QED) is 0.204. The van der Waals surface area contributed by atoms with Gasteiger partial charge in [-0.2, -0.15) is 0 Å². The van der Waals surface area contributed by atoms with Gasteiger partial charge in [0.25, 0.3) is 0 Å². The molecule has 3 heteroatoms. The van der Waals surface area contributed by atoms with E-state index in [1.54, 1.807) is 0 Å². The van der Waals surface area contributed by atoms with Crippen molar-refractivity contribution in [2.45, 2.75) is 0 Å². The number of furan rings is 2. The first-order valence-corrected chi connectivity index (χ1v) is 15.2. The maximum atomic E-state index is 6.76. The molecule has 0 aliphatic heterocycles. The van der Waals surface area contributed by atoms with Crippen molar-refractivity contribution in [3.63, 3.8) is 0 Å². The maximum absolute atomic E-state index is 6.76. The summed E-state index contributed by atoms with van der Waals surface area (Å²) in [5.74, 6) is 0. The molecule has 0 aliphatic rings. The Morgan fingerprint density at radius 3 is 1.53 bits per heavy atom. The van der Waals surface area contributed by atoms with Gasteiger partial charge >= 0.3 is 0 Å². The lowest BCUT2D eigenvalue weighted by Crippen LogP contribution is -2.10. The predicted octanol–water partition coefficient (Wildman–Crippen LogP) is 12.3. The number of fused-ring (bicyclic) bond motifs is 6. The van der Waals surface area contributed by atoms with E-state index in [1.807, 2.05) is 18.2 Å². The Morgan fingerprint density at radius 1 is 0.356 bits per heavy atom. The summed E-state index contributed by atoms with van der Waals surface area (Å²) in [5.41, 5.74) is 11.1. The van der Waals surface area contributed by atoms with E-state index >= 15 is 0 Å². The number of hydrogen-bond donors (Lipinski definition) is 0. The van der Waals surface area contributed by atoms with Gasteiger partial charge in [-0.15, -0.1) is 0 Å². The van der Waals surface area contributed by atoms with Crippen LogP contribution in [0.4, 0.5) is 17.1 Å². The molecule has 2 aromatic heterocycles. The highest BCUT2D eigenvalue weighted by Gasteiger charge is 2.21. The molecule has 9 aromatic rings. The minimum Gasteiger partial charge on any atom is -0.455 e. The first kappa shape index (κ1) is 25.4. The summed E-state index contributed by atoms with van der Waals surface area (Å²) in [7, 11) is 0. The predicted molar refractivity (Wildman–Crippen MR) is 187 cm³/mol. The van der Waals surface area contributed by atoms with Gasteiger partial charge in [-0.1, -0.05) is 121 Å². The van der Waals surface area contributed by atoms with Crippen LogP contribution in [0.3, 0.4) is 0 Å². The van der Waals surface area contributed by atoms with Crippen molar-refractivity contribution >= 4 is 60.9 Å². The SMILES string of the molecule is c1ccc(-c2ccc(N(c3ccccc3)c3cccc4c3oc3cc5c(cc34)oc3c(-c4ccccc4)cccc35)cc2)cc1. The average molecular weight is 578 g/mol. The Balaban J connectivity index is 1.22. The van der Waals surface area contributed by atoms with Gasteiger partial charge in [0.1, 0.15) is 16.7 Å².